The second kappa shape index (κ2) is 4.61. The van der Waals surface area contributed by atoms with Crippen LogP contribution in [0.2, 0.25) is 0 Å². The van der Waals surface area contributed by atoms with Crippen LogP contribution in [0, 0.1) is 0 Å². The second-order valence-electron chi connectivity index (χ2n) is 3.82. The molecule has 1 aromatic heterocycles. The van der Waals surface area contributed by atoms with E-state index in [0.29, 0.717) is 6.04 Å². The molecule has 1 unspecified atom stereocenters. The van der Waals surface area contributed by atoms with Crippen molar-refractivity contribution in [2.75, 3.05) is 6.54 Å². The minimum absolute atomic E-state index is 0.435. The van der Waals surface area contributed by atoms with Crippen LogP contribution in [0.25, 0.3) is 0 Å². The van der Waals surface area contributed by atoms with E-state index >= 15 is 0 Å². The average Bonchev–Trinajstić information content (AvgIpc) is 2.65. The smallest absolute Gasteiger partial charge is 0.166 e. The summed E-state index contributed by atoms with van der Waals surface area (Å²) < 4.78 is 0. The summed E-state index contributed by atoms with van der Waals surface area (Å²) in [6.45, 7) is 2.91. The van der Waals surface area contributed by atoms with Crippen LogP contribution in [0.4, 0.5) is 0 Å². The van der Waals surface area contributed by atoms with E-state index in [1.165, 1.54) is 11.3 Å². The zero-order valence-electron chi connectivity index (χ0n) is 8.84. The molecule has 0 spiro atoms. The van der Waals surface area contributed by atoms with E-state index in [9.17, 15) is 0 Å². The van der Waals surface area contributed by atoms with Gasteiger partial charge in [0.25, 0.3) is 0 Å². The fourth-order valence-corrected chi connectivity index (χ4v) is 2.24. The van der Waals surface area contributed by atoms with Crippen molar-refractivity contribution in [2.45, 2.75) is 32.2 Å². The predicted octanol–water partition coefficient (Wildman–Crippen LogP) is 0.751. The van der Waals surface area contributed by atoms with Gasteiger partial charge in [0.05, 0.1) is 6.20 Å². The second-order valence-corrected chi connectivity index (χ2v) is 4.23. The van der Waals surface area contributed by atoms with Crippen molar-refractivity contribution in [2.24, 2.45) is 0 Å². The van der Waals surface area contributed by atoms with Gasteiger partial charge >= 0.3 is 0 Å². The van der Waals surface area contributed by atoms with E-state index < -0.39 is 0 Å². The molecule has 5 heteroatoms. The van der Waals surface area contributed by atoms with Gasteiger partial charge in [-0.25, -0.2) is 0 Å². The maximum absolute atomic E-state index is 5.16. The lowest BCUT2D eigenvalue weighted by Gasteiger charge is -2.24. The number of rotatable bonds is 2. The third-order valence-corrected chi connectivity index (χ3v) is 2.95. The minimum Gasteiger partial charge on any atom is -0.363 e. The van der Waals surface area contributed by atoms with Gasteiger partial charge in [0, 0.05) is 24.7 Å². The number of nitrogens with one attached hydrogen (secondary N) is 3. The molecule has 1 atom stereocenters. The number of hydrogen-bond donors (Lipinski definition) is 3. The maximum Gasteiger partial charge on any atom is 0.166 e. The summed E-state index contributed by atoms with van der Waals surface area (Å²) in [7, 11) is 0. The monoisotopic (exact) mass is 224 g/mol. The lowest BCUT2D eigenvalue weighted by Crippen LogP contribution is -2.44. The number of aromatic amines is 1. The summed E-state index contributed by atoms with van der Waals surface area (Å²) in [5.74, 6) is 0. The molecule has 0 bridgehead atoms. The molecule has 1 aliphatic carbocycles. The van der Waals surface area contributed by atoms with Crippen molar-refractivity contribution in [3.8, 4) is 0 Å². The highest BCUT2D eigenvalue weighted by atomic mass is 32.1. The Morgan fingerprint density at radius 3 is 3.40 bits per heavy atom. The summed E-state index contributed by atoms with van der Waals surface area (Å²) >= 11 is 5.16. The van der Waals surface area contributed by atoms with Crippen molar-refractivity contribution in [3.05, 3.63) is 17.5 Å². The van der Waals surface area contributed by atoms with Gasteiger partial charge in [-0.2, -0.15) is 5.10 Å². The molecular formula is C10H16N4S. The van der Waals surface area contributed by atoms with E-state index in [-0.39, 0.29) is 0 Å². The molecule has 2 rings (SSSR count). The Bertz CT molecular complexity index is 347. The number of hydrogen-bond acceptors (Lipinski definition) is 2. The number of aromatic nitrogens is 2. The normalized spacial score (nSPS) is 19.4. The highest BCUT2D eigenvalue weighted by Crippen LogP contribution is 2.18. The molecule has 0 fully saturated rings. The Kier molecular flexibility index (Phi) is 3.20. The molecule has 0 amide bonds. The Labute approximate surface area is 94.8 Å². The summed E-state index contributed by atoms with van der Waals surface area (Å²) in [5.41, 5.74) is 2.60. The molecule has 0 aromatic carbocycles. The van der Waals surface area contributed by atoms with Gasteiger partial charge in [-0.1, -0.05) is 0 Å². The quantitative estimate of drug-likeness (QED) is 0.649. The molecule has 1 aliphatic rings. The van der Waals surface area contributed by atoms with Crippen molar-refractivity contribution in [3.63, 3.8) is 0 Å². The van der Waals surface area contributed by atoms with Crippen LogP contribution in [-0.2, 0) is 12.8 Å². The number of fused-ring (bicyclic) bond motifs is 1. The van der Waals surface area contributed by atoms with Crippen molar-refractivity contribution < 1.29 is 0 Å². The van der Waals surface area contributed by atoms with Crippen LogP contribution in [0.15, 0.2) is 6.20 Å². The molecule has 0 radical (unpaired) electrons. The van der Waals surface area contributed by atoms with E-state index in [0.717, 1.165) is 30.9 Å². The standard InChI is InChI=1S/C10H16N4S/c1-2-11-10(15)13-8-4-3-7-6-12-14-9(7)5-8/h6,8H,2-5H2,1H3,(H,12,14)(H2,11,13,15). The van der Waals surface area contributed by atoms with Crippen LogP contribution in [0.1, 0.15) is 24.6 Å². The van der Waals surface area contributed by atoms with Gasteiger partial charge in [-0.05, 0) is 37.5 Å². The molecular weight excluding hydrogens is 208 g/mol. The SMILES string of the molecule is CCNC(=S)NC1CCc2cn[nH]c2C1. The Morgan fingerprint density at radius 1 is 1.73 bits per heavy atom. The lowest BCUT2D eigenvalue weighted by atomic mass is 9.94. The highest BCUT2D eigenvalue weighted by molar-refractivity contribution is 7.80. The summed E-state index contributed by atoms with van der Waals surface area (Å²) in [4.78, 5) is 0. The fraction of sp³-hybridized carbons (Fsp3) is 0.600. The number of thiocarbonyl (C=S) groups is 1. The molecule has 0 aliphatic heterocycles. The Balaban J connectivity index is 1.90. The largest absolute Gasteiger partial charge is 0.363 e. The van der Waals surface area contributed by atoms with Crippen molar-refractivity contribution in [1.82, 2.24) is 20.8 Å². The Morgan fingerprint density at radius 2 is 2.60 bits per heavy atom. The summed E-state index contributed by atoms with van der Waals surface area (Å²) in [6, 6.07) is 0.435. The number of H-pyrrole nitrogens is 1. The van der Waals surface area contributed by atoms with Crippen molar-refractivity contribution >= 4 is 17.3 Å². The van der Waals surface area contributed by atoms with E-state index in [1.54, 1.807) is 0 Å². The van der Waals surface area contributed by atoms with Gasteiger partial charge in [-0.15, -0.1) is 0 Å². The van der Waals surface area contributed by atoms with Gasteiger partial charge in [0.1, 0.15) is 0 Å². The molecule has 0 saturated heterocycles. The topological polar surface area (TPSA) is 52.7 Å². The van der Waals surface area contributed by atoms with Crippen LogP contribution in [0.3, 0.4) is 0 Å². The van der Waals surface area contributed by atoms with Gasteiger partial charge < -0.3 is 10.6 Å². The highest BCUT2D eigenvalue weighted by Gasteiger charge is 2.20. The van der Waals surface area contributed by atoms with Crippen molar-refractivity contribution in [1.29, 1.82) is 0 Å². The maximum atomic E-state index is 5.16. The first kappa shape index (κ1) is 10.4. The van der Waals surface area contributed by atoms with Gasteiger partial charge in [0.2, 0.25) is 0 Å². The molecule has 1 aromatic rings. The third kappa shape index (κ3) is 2.47. The predicted molar refractivity (Wildman–Crippen MR) is 63.8 cm³/mol. The third-order valence-electron chi connectivity index (χ3n) is 2.69. The van der Waals surface area contributed by atoms with Gasteiger partial charge in [-0.3, -0.25) is 5.10 Å². The number of nitrogens with zero attached hydrogens (tertiary/aromatic N) is 1. The zero-order valence-corrected chi connectivity index (χ0v) is 9.66. The first-order valence-electron chi connectivity index (χ1n) is 5.35. The summed E-state index contributed by atoms with van der Waals surface area (Å²) in [6.07, 6.45) is 5.12. The Hall–Kier alpha value is -1.10. The molecule has 15 heavy (non-hydrogen) atoms. The van der Waals surface area contributed by atoms with Crippen LogP contribution in [0.5, 0.6) is 0 Å². The minimum atomic E-state index is 0.435. The van der Waals surface area contributed by atoms with E-state index in [4.69, 9.17) is 12.2 Å². The number of aryl methyl sites for hydroxylation is 1. The van der Waals surface area contributed by atoms with Gasteiger partial charge in [0.15, 0.2) is 5.11 Å². The van der Waals surface area contributed by atoms with Crippen LogP contribution >= 0.6 is 12.2 Å². The summed E-state index contributed by atoms with van der Waals surface area (Å²) in [5, 5.41) is 14.3. The first-order chi connectivity index (χ1) is 7.29. The van der Waals surface area contributed by atoms with Crippen LogP contribution < -0.4 is 10.6 Å². The molecule has 1 heterocycles. The lowest BCUT2D eigenvalue weighted by molar-refractivity contribution is 0.520. The average molecular weight is 224 g/mol. The fourth-order valence-electron chi connectivity index (χ4n) is 1.93. The van der Waals surface area contributed by atoms with Crippen LogP contribution in [-0.4, -0.2) is 27.9 Å². The van der Waals surface area contributed by atoms with E-state index in [2.05, 4.69) is 20.8 Å². The first-order valence-corrected chi connectivity index (χ1v) is 5.76. The molecule has 0 saturated carbocycles. The zero-order chi connectivity index (χ0) is 10.7. The molecule has 82 valence electrons. The molecule has 4 nitrogen and oxygen atoms in total. The van der Waals surface area contributed by atoms with E-state index in [1.807, 2.05) is 13.1 Å². The molecule has 3 N–H and O–H groups in total.